The lowest BCUT2D eigenvalue weighted by Crippen LogP contribution is -2.50. The number of likely N-dealkylation sites (tertiary alicyclic amines) is 1. The summed E-state index contributed by atoms with van der Waals surface area (Å²) in [6.45, 7) is 3.50. The second-order valence-electron chi connectivity index (χ2n) is 6.06. The van der Waals surface area contributed by atoms with E-state index >= 15 is 0 Å². The van der Waals surface area contributed by atoms with Crippen molar-refractivity contribution in [2.24, 2.45) is 0 Å². The fourth-order valence-electron chi connectivity index (χ4n) is 3.65. The third kappa shape index (κ3) is 2.36. The first-order chi connectivity index (χ1) is 9.16. The van der Waals surface area contributed by atoms with E-state index in [1.165, 1.54) is 0 Å². The smallest absolute Gasteiger partial charge is 0.245 e. The molecule has 3 fully saturated rings. The highest BCUT2D eigenvalue weighted by Gasteiger charge is 2.41. The Morgan fingerprint density at radius 1 is 0.947 bits per heavy atom. The predicted octanol–water partition coefficient (Wildman–Crippen LogP) is 0.304. The zero-order valence-electron chi connectivity index (χ0n) is 11.7. The second kappa shape index (κ2) is 5.12. The summed E-state index contributed by atoms with van der Waals surface area (Å²) >= 11 is 0. The van der Waals surface area contributed by atoms with Crippen LogP contribution in [0.2, 0.25) is 0 Å². The van der Waals surface area contributed by atoms with Gasteiger partial charge in [0, 0.05) is 25.6 Å². The lowest BCUT2D eigenvalue weighted by atomic mass is 10.0. The summed E-state index contributed by atoms with van der Waals surface area (Å²) in [5.41, 5.74) is 0. The van der Waals surface area contributed by atoms with Gasteiger partial charge in [0.2, 0.25) is 11.8 Å². The molecule has 0 spiro atoms. The molecule has 0 aromatic rings. The highest BCUT2D eigenvalue weighted by Crippen LogP contribution is 2.26. The first-order valence-electron chi connectivity index (χ1n) is 7.45. The summed E-state index contributed by atoms with van der Waals surface area (Å²) < 4.78 is 0. The summed E-state index contributed by atoms with van der Waals surface area (Å²) in [5, 5.41) is 0. The van der Waals surface area contributed by atoms with Gasteiger partial charge in [0.15, 0.2) is 0 Å². The lowest BCUT2D eigenvalue weighted by molar-refractivity contribution is -0.141. The second-order valence-corrected chi connectivity index (χ2v) is 6.06. The minimum Gasteiger partial charge on any atom is -0.337 e. The topological polar surface area (TPSA) is 43.9 Å². The zero-order valence-corrected chi connectivity index (χ0v) is 11.7. The standard InChI is InChI=1S/C14H23N3O2/c1-15-8-4-11(5-9-15)16-10-6-13(18)17-7-2-3-12(17)14(16)19/h11-12H,2-10H2,1H3. The summed E-state index contributed by atoms with van der Waals surface area (Å²) in [5.74, 6) is 0.379. The van der Waals surface area contributed by atoms with Crippen LogP contribution in [0.3, 0.4) is 0 Å². The molecule has 0 aromatic heterocycles. The average molecular weight is 265 g/mol. The molecule has 1 unspecified atom stereocenters. The van der Waals surface area contributed by atoms with Crippen molar-refractivity contribution >= 4 is 11.8 Å². The van der Waals surface area contributed by atoms with Crippen LogP contribution in [0.1, 0.15) is 32.1 Å². The van der Waals surface area contributed by atoms with Crippen molar-refractivity contribution in [2.45, 2.75) is 44.2 Å². The van der Waals surface area contributed by atoms with Gasteiger partial charge in [0.25, 0.3) is 0 Å². The van der Waals surface area contributed by atoms with Crippen LogP contribution in [-0.2, 0) is 9.59 Å². The van der Waals surface area contributed by atoms with Crippen molar-refractivity contribution in [2.75, 3.05) is 33.2 Å². The number of carbonyl (C=O) groups excluding carboxylic acids is 2. The van der Waals surface area contributed by atoms with Crippen LogP contribution >= 0.6 is 0 Å². The first-order valence-corrected chi connectivity index (χ1v) is 7.45. The molecule has 0 N–H and O–H groups in total. The van der Waals surface area contributed by atoms with E-state index in [9.17, 15) is 9.59 Å². The number of fused-ring (bicyclic) bond motifs is 1. The molecule has 2 amide bonds. The Hall–Kier alpha value is -1.10. The number of amides is 2. The summed E-state index contributed by atoms with van der Waals surface area (Å²) in [4.78, 5) is 30.9. The number of hydrogen-bond donors (Lipinski definition) is 0. The summed E-state index contributed by atoms with van der Waals surface area (Å²) in [7, 11) is 2.13. The molecule has 5 heteroatoms. The van der Waals surface area contributed by atoms with Gasteiger partial charge in [0.1, 0.15) is 6.04 Å². The van der Waals surface area contributed by atoms with E-state index < -0.39 is 0 Å². The number of piperidine rings is 1. The van der Waals surface area contributed by atoms with Gasteiger partial charge < -0.3 is 14.7 Å². The molecule has 1 atom stereocenters. The number of hydrogen-bond acceptors (Lipinski definition) is 3. The molecule has 0 bridgehead atoms. The molecule has 0 radical (unpaired) electrons. The Morgan fingerprint density at radius 2 is 1.68 bits per heavy atom. The van der Waals surface area contributed by atoms with Crippen LogP contribution in [0.5, 0.6) is 0 Å². The zero-order chi connectivity index (χ0) is 13.4. The molecular formula is C14H23N3O2. The maximum absolute atomic E-state index is 12.7. The van der Waals surface area contributed by atoms with Gasteiger partial charge in [-0.3, -0.25) is 9.59 Å². The normalized spacial score (nSPS) is 30.7. The van der Waals surface area contributed by atoms with Gasteiger partial charge in [-0.15, -0.1) is 0 Å². The third-order valence-corrected chi connectivity index (χ3v) is 4.84. The van der Waals surface area contributed by atoms with Crippen LogP contribution in [-0.4, -0.2) is 71.8 Å². The van der Waals surface area contributed by atoms with E-state index in [4.69, 9.17) is 0 Å². The molecule has 19 heavy (non-hydrogen) atoms. The SMILES string of the molecule is CN1CCC(N2CCC(=O)N3CCCC3C2=O)CC1. The number of rotatable bonds is 1. The van der Waals surface area contributed by atoms with Crippen molar-refractivity contribution in [1.29, 1.82) is 0 Å². The molecule has 3 heterocycles. The minimum absolute atomic E-state index is 0.158. The van der Waals surface area contributed by atoms with E-state index in [-0.39, 0.29) is 17.9 Å². The summed E-state index contributed by atoms with van der Waals surface area (Å²) in [6, 6.07) is 0.187. The molecule has 0 aromatic carbocycles. The maximum atomic E-state index is 12.7. The first kappa shape index (κ1) is 12.9. The lowest BCUT2D eigenvalue weighted by Gasteiger charge is -2.37. The van der Waals surface area contributed by atoms with E-state index in [1.54, 1.807) is 0 Å². The van der Waals surface area contributed by atoms with Crippen LogP contribution in [0.25, 0.3) is 0 Å². The van der Waals surface area contributed by atoms with Gasteiger partial charge >= 0.3 is 0 Å². The van der Waals surface area contributed by atoms with E-state index in [0.29, 0.717) is 19.0 Å². The van der Waals surface area contributed by atoms with Crippen molar-refractivity contribution in [1.82, 2.24) is 14.7 Å². The van der Waals surface area contributed by atoms with Crippen molar-refractivity contribution < 1.29 is 9.59 Å². The fourth-order valence-corrected chi connectivity index (χ4v) is 3.65. The van der Waals surface area contributed by atoms with Crippen molar-refractivity contribution in [3.05, 3.63) is 0 Å². The van der Waals surface area contributed by atoms with Gasteiger partial charge in [-0.05, 0) is 45.8 Å². The fraction of sp³-hybridized carbons (Fsp3) is 0.857. The van der Waals surface area contributed by atoms with E-state index in [0.717, 1.165) is 45.3 Å². The minimum atomic E-state index is -0.158. The Balaban J connectivity index is 1.74. The van der Waals surface area contributed by atoms with Crippen LogP contribution < -0.4 is 0 Å². The van der Waals surface area contributed by atoms with Crippen LogP contribution in [0.4, 0.5) is 0 Å². The molecule has 106 valence electrons. The van der Waals surface area contributed by atoms with Gasteiger partial charge in [-0.1, -0.05) is 0 Å². The molecule has 3 aliphatic heterocycles. The molecule has 5 nitrogen and oxygen atoms in total. The molecule has 3 rings (SSSR count). The third-order valence-electron chi connectivity index (χ3n) is 4.84. The molecule has 3 saturated heterocycles. The Labute approximate surface area is 114 Å². The van der Waals surface area contributed by atoms with E-state index in [1.807, 2.05) is 9.80 Å². The Morgan fingerprint density at radius 3 is 2.42 bits per heavy atom. The highest BCUT2D eigenvalue weighted by molar-refractivity contribution is 5.90. The Bertz CT molecular complexity index is 377. The molecule has 3 aliphatic rings. The number of nitrogens with zero attached hydrogens (tertiary/aromatic N) is 3. The quantitative estimate of drug-likeness (QED) is 0.685. The average Bonchev–Trinajstić information content (AvgIpc) is 2.85. The molecule has 0 aliphatic carbocycles. The van der Waals surface area contributed by atoms with E-state index in [2.05, 4.69) is 11.9 Å². The van der Waals surface area contributed by atoms with Gasteiger partial charge in [0.05, 0.1) is 0 Å². The highest BCUT2D eigenvalue weighted by atomic mass is 16.2. The predicted molar refractivity (Wildman–Crippen MR) is 71.6 cm³/mol. The van der Waals surface area contributed by atoms with Crippen LogP contribution in [0.15, 0.2) is 0 Å². The molecular weight excluding hydrogens is 242 g/mol. The Kier molecular flexibility index (Phi) is 3.48. The number of carbonyl (C=O) groups is 2. The van der Waals surface area contributed by atoms with Gasteiger partial charge in [-0.25, -0.2) is 0 Å². The monoisotopic (exact) mass is 265 g/mol. The maximum Gasteiger partial charge on any atom is 0.245 e. The van der Waals surface area contributed by atoms with Gasteiger partial charge in [-0.2, -0.15) is 0 Å². The summed E-state index contributed by atoms with van der Waals surface area (Å²) in [6.07, 6.45) is 4.43. The van der Waals surface area contributed by atoms with Crippen molar-refractivity contribution in [3.63, 3.8) is 0 Å². The van der Waals surface area contributed by atoms with Crippen LogP contribution in [0, 0.1) is 0 Å². The largest absolute Gasteiger partial charge is 0.337 e. The van der Waals surface area contributed by atoms with Crippen molar-refractivity contribution in [3.8, 4) is 0 Å². The molecule has 0 saturated carbocycles.